The number of likely N-dealkylation sites (tertiary alicyclic amines) is 1. The third-order valence-electron chi connectivity index (χ3n) is 8.94. The highest BCUT2D eigenvalue weighted by molar-refractivity contribution is 6.31. The molecule has 4 aromatic rings. The molecule has 7 heteroatoms. The van der Waals surface area contributed by atoms with Crippen LogP contribution in [0.15, 0.2) is 79.0 Å². The number of carbonyl (C=O) groups is 2. The van der Waals surface area contributed by atoms with Crippen molar-refractivity contribution in [2.24, 2.45) is 0 Å². The third-order valence-corrected chi connectivity index (χ3v) is 9.18. The van der Waals surface area contributed by atoms with Crippen molar-refractivity contribution in [3.05, 3.63) is 106 Å². The summed E-state index contributed by atoms with van der Waals surface area (Å²) in [4.78, 5) is 31.2. The number of hydrogen-bond donors (Lipinski definition) is 1. The van der Waals surface area contributed by atoms with Crippen molar-refractivity contribution < 1.29 is 9.59 Å². The number of nitrogens with zero attached hydrogens (tertiary/aromatic N) is 3. The summed E-state index contributed by atoms with van der Waals surface area (Å²) < 4.78 is 2.30. The molecule has 2 aliphatic rings. The van der Waals surface area contributed by atoms with Crippen LogP contribution >= 0.6 is 11.6 Å². The summed E-state index contributed by atoms with van der Waals surface area (Å²) in [7, 11) is 0. The number of Topliss-reactive ketones (excluding diaryl/α,β-unsaturated/α-hetero) is 1. The number of nitrogens with one attached hydrogen (secondary N) is 1. The molecule has 1 N–H and O–H groups in total. The fourth-order valence-corrected chi connectivity index (χ4v) is 7.10. The molecule has 2 saturated heterocycles. The zero-order chi connectivity index (χ0) is 29.1. The first-order chi connectivity index (χ1) is 20.5. The van der Waals surface area contributed by atoms with Gasteiger partial charge in [-0.2, -0.15) is 0 Å². The first-order valence-corrected chi connectivity index (χ1v) is 15.6. The van der Waals surface area contributed by atoms with E-state index in [0.29, 0.717) is 35.8 Å². The molecule has 0 spiro atoms. The van der Waals surface area contributed by atoms with Gasteiger partial charge in [-0.05, 0) is 48.9 Å². The van der Waals surface area contributed by atoms with E-state index in [4.69, 9.17) is 11.6 Å². The van der Waals surface area contributed by atoms with Gasteiger partial charge in [0.2, 0.25) is 0 Å². The Hall–Kier alpha value is -3.45. The molecule has 2 unspecified atom stereocenters. The van der Waals surface area contributed by atoms with Crippen molar-refractivity contribution in [1.82, 2.24) is 19.7 Å². The average Bonchev–Trinajstić information content (AvgIpc) is 3.49. The summed E-state index contributed by atoms with van der Waals surface area (Å²) in [5.41, 5.74) is 4.97. The van der Waals surface area contributed by atoms with Crippen LogP contribution < -0.4 is 5.32 Å². The Balaban J connectivity index is 1.09. The van der Waals surface area contributed by atoms with Gasteiger partial charge in [0.15, 0.2) is 5.78 Å². The van der Waals surface area contributed by atoms with Crippen LogP contribution in [0.25, 0.3) is 10.9 Å². The van der Waals surface area contributed by atoms with Gasteiger partial charge in [0.25, 0.3) is 5.91 Å². The molecular weight excluding hydrogens is 544 g/mol. The first-order valence-electron chi connectivity index (χ1n) is 15.2. The summed E-state index contributed by atoms with van der Waals surface area (Å²) in [6.45, 7) is 6.89. The SMILES string of the molecule is CCc1cccc2c(C(=O)NCc3ccccc3)cn(CCCN3C4CCC3CN(CC(=O)c3cccc(Cl)c3)C4)c12. The Morgan fingerprint density at radius 1 is 0.929 bits per heavy atom. The Morgan fingerprint density at radius 3 is 2.43 bits per heavy atom. The number of fused-ring (bicyclic) bond motifs is 3. The number of piperazine rings is 1. The molecule has 3 heterocycles. The fourth-order valence-electron chi connectivity index (χ4n) is 6.91. The van der Waals surface area contributed by atoms with Crippen molar-refractivity contribution in [1.29, 1.82) is 0 Å². The summed E-state index contributed by atoms with van der Waals surface area (Å²) in [5.74, 6) is 0.109. The van der Waals surface area contributed by atoms with Gasteiger partial charge >= 0.3 is 0 Å². The number of aromatic nitrogens is 1. The number of halogens is 1. The van der Waals surface area contributed by atoms with E-state index < -0.39 is 0 Å². The molecule has 6 rings (SSSR count). The molecule has 3 aromatic carbocycles. The van der Waals surface area contributed by atoms with Gasteiger partial charge in [-0.1, -0.05) is 79.2 Å². The number of rotatable bonds is 11. The number of ketones is 1. The van der Waals surface area contributed by atoms with Crippen LogP contribution in [0.5, 0.6) is 0 Å². The Labute approximate surface area is 253 Å². The molecule has 0 aliphatic carbocycles. The van der Waals surface area contributed by atoms with Gasteiger partial charge < -0.3 is 9.88 Å². The highest BCUT2D eigenvalue weighted by Gasteiger charge is 2.39. The summed E-state index contributed by atoms with van der Waals surface area (Å²) >= 11 is 6.11. The predicted octanol–water partition coefficient (Wildman–Crippen LogP) is 6.21. The van der Waals surface area contributed by atoms with Gasteiger partial charge in [0.1, 0.15) is 0 Å². The van der Waals surface area contributed by atoms with Crippen LogP contribution in [0.1, 0.15) is 58.0 Å². The highest BCUT2D eigenvalue weighted by Crippen LogP contribution is 2.31. The molecule has 0 radical (unpaired) electrons. The van der Waals surface area contributed by atoms with Crippen molar-refractivity contribution in [3.63, 3.8) is 0 Å². The number of carbonyl (C=O) groups excluding carboxylic acids is 2. The standard InChI is InChI=1S/C35H39ClN4O2/c1-2-26-11-7-14-31-32(35(42)37-20-25-9-4-3-5-10-25)23-39(34(26)31)17-8-18-40-29-15-16-30(40)22-38(21-29)24-33(41)27-12-6-13-28(36)19-27/h3-7,9-14,19,23,29-30H,2,8,15-18,20-22,24H2,1H3,(H,37,42). The van der Waals surface area contributed by atoms with E-state index in [2.05, 4.69) is 51.0 Å². The zero-order valence-electron chi connectivity index (χ0n) is 24.3. The Morgan fingerprint density at radius 2 is 1.69 bits per heavy atom. The van der Waals surface area contributed by atoms with E-state index in [1.807, 2.05) is 42.5 Å². The van der Waals surface area contributed by atoms with Crippen molar-refractivity contribution in [2.45, 2.75) is 57.8 Å². The van der Waals surface area contributed by atoms with E-state index in [0.717, 1.165) is 55.5 Å². The van der Waals surface area contributed by atoms with Gasteiger partial charge in [-0.25, -0.2) is 0 Å². The molecule has 2 bridgehead atoms. The van der Waals surface area contributed by atoms with E-state index in [1.54, 1.807) is 12.1 Å². The molecular formula is C35H39ClN4O2. The molecule has 6 nitrogen and oxygen atoms in total. The Kier molecular flexibility index (Phi) is 8.75. The number of para-hydroxylation sites is 1. The molecule has 42 heavy (non-hydrogen) atoms. The molecule has 0 saturated carbocycles. The maximum Gasteiger partial charge on any atom is 0.253 e. The second-order valence-corrected chi connectivity index (χ2v) is 12.1. The van der Waals surface area contributed by atoms with Crippen LogP contribution in [-0.4, -0.2) is 64.3 Å². The van der Waals surface area contributed by atoms with Crippen LogP contribution in [0.2, 0.25) is 5.02 Å². The smallest absolute Gasteiger partial charge is 0.253 e. The summed E-state index contributed by atoms with van der Waals surface area (Å²) in [6.07, 6.45) is 6.36. The lowest BCUT2D eigenvalue weighted by atomic mass is 10.1. The van der Waals surface area contributed by atoms with Crippen molar-refractivity contribution in [2.75, 3.05) is 26.2 Å². The monoisotopic (exact) mass is 582 g/mol. The fraction of sp³-hybridized carbons (Fsp3) is 0.371. The lowest BCUT2D eigenvalue weighted by Gasteiger charge is -2.41. The van der Waals surface area contributed by atoms with Gasteiger partial charge in [-0.3, -0.25) is 19.4 Å². The second kappa shape index (κ2) is 12.8. The minimum Gasteiger partial charge on any atom is -0.348 e. The van der Waals surface area contributed by atoms with Crippen LogP contribution in [-0.2, 0) is 19.5 Å². The summed E-state index contributed by atoms with van der Waals surface area (Å²) in [6, 6.07) is 24.6. The quantitative estimate of drug-likeness (QED) is 0.214. The highest BCUT2D eigenvalue weighted by atomic mass is 35.5. The van der Waals surface area contributed by atoms with Crippen LogP contribution in [0.4, 0.5) is 0 Å². The molecule has 218 valence electrons. The lowest BCUT2D eigenvalue weighted by Crippen LogP contribution is -2.54. The van der Waals surface area contributed by atoms with Crippen LogP contribution in [0.3, 0.4) is 0 Å². The molecule has 1 aromatic heterocycles. The van der Waals surface area contributed by atoms with E-state index in [-0.39, 0.29) is 11.7 Å². The average molecular weight is 583 g/mol. The predicted molar refractivity (Wildman–Crippen MR) is 169 cm³/mol. The number of benzene rings is 3. The van der Waals surface area contributed by atoms with Crippen LogP contribution in [0, 0.1) is 0 Å². The molecule has 1 amide bonds. The lowest BCUT2D eigenvalue weighted by molar-refractivity contribution is 0.0588. The normalized spacial score (nSPS) is 18.9. The number of hydrogen-bond acceptors (Lipinski definition) is 4. The largest absolute Gasteiger partial charge is 0.348 e. The van der Waals surface area contributed by atoms with E-state index in [9.17, 15) is 9.59 Å². The van der Waals surface area contributed by atoms with E-state index in [1.165, 1.54) is 23.9 Å². The maximum atomic E-state index is 13.3. The second-order valence-electron chi connectivity index (χ2n) is 11.7. The summed E-state index contributed by atoms with van der Waals surface area (Å²) in [5, 5.41) is 4.75. The van der Waals surface area contributed by atoms with Gasteiger partial charge in [0.05, 0.1) is 17.6 Å². The van der Waals surface area contributed by atoms with E-state index >= 15 is 0 Å². The number of amides is 1. The number of aryl methyl sites for hydroxylation is 2. The minimum absolute atomic E-state index is 0.0302. The Bertz CT molecular complexity index is 1550. The van der Waals surface area contributed by atoms with Gasteiger partial charge in [0, 0.05) is 67.0 Å². The topological polar surface area (TPSA) is 57.6 Å². The maximum absolute atomic E-state index is 13.3. The van der Waals surface area contributed by atoms with Crippen molar-refractivity contribution in [3.8, 4) is 0 Å². The molecule has 2 aliphatic heterocycles. The molecule has 2 atom stereocenters. The zero-order valence-corrected chi connectivity index (χ0v) is 25.0. The van der Waals surface area contributed by atoms with Crippen molar-refractivity contribution >= 4 is 34.2 Å². The third kappa shape index (κ3) is 6.17. The minimum atomic E-state index is -0.0302. The van der Waals surface area contributed by atoms with Gasteiger partial charge in [-0.15, -0.1) is 0 Å². The first kappa shape index (κ1) is 28.7. The molecule has 2 fully saturated rings.